The van der Waals surface area contributed by atoms with Crippen molar-refractivity contribution in [1.29, 1.82) is 0 Å². The Hall–Kier alpha value is -2.91. The monoisotopic (exact) mass is 453 g/mol. The maximum absolute atomic E-state index is 11.5. The van der Waals surface area contributed by atoms with E-state index in [0.717, 1.165) is 0 Å². The number of primary amides is 1. The molecule has 11 N–H and O–H groups in total. The van der Waals surface area contributed by atoms with Gasteiger partial charge in [-0.2, -0.15) is 12.6 Å². The second kappa shape index (κ2) is 15.9. The molecule has 0 aliphatic heterocycles. The number of hydrogen-bond donors (Lipinski definition) is 9. The summed E-state index contributed by atoms with van der Waals surface area (Å²) >= 11 is 3.87. The van der Waals surface area contributed by atoms with Crippen molar-refractivity contribution >= 4 is 48.3 Å². The minimum absolute atomic E-state index is 0.0213. The van der Waals surface area contributed by atoms with Crippen LogP contribution in [0.3, 0.4) is 0 Å². The largest absolute Gasteiger partial charge is 0.480 e. The van der Waals surface area contributed by atoms with Crippen LogP contribution in [0.25, 0.3) is 0 Å². The van der Waals surface area contributed by atoms with E-state index >= 15 is 0 Å². The van der Waals surface area contributed by atoms with Gasteiger partial charge in [0.2, 0.25) is 17.7 Å². The molecule has 0 fully saturated rings. The van der Waals surface area contributed by atoms with Crippen LogP contribution in [0.4, 0.5) is 0 Å². The van der Waals surface area contributed by atoms with E-state index in [1.165, 1.54) is 0 Å². The van der Waals surface area contributed by atoms with Crippen LogP contribution in [0.5, 0.6) is 0 Å². The van der Waals surface area contributed by atoms with E-state index in [1.807, 2.05) is 0 Å². The molecule has 3 amide bonds. The first-order chi connectivity index (χ1) is 13.8. The molecule has 0 bridgehead atoms. The number of hydrogen-bond acceptors (Lipinski definition) is 9. The lowest BCUT2D eigenvalue weighted by atomic mass is 10.1. The van der Waals surface area contributed by atoms with Gasteiger partial charge in [-0.15, -0.1) is 0 Å². The van der Waals surface area contributed by atoms with Crippen LogP contribution in [0, 0.1) is 0 Å². The highest BCUT2D eigenvalue weighted by atomic mass is 32.1. The van der Waals surface area contributed by atoms with E-state index in [1.54, 1.807) is 0 Å². The lowest BCUT2D eigenvalue weighted by Crippen LogP contribution is -2.49. The minimum atomic E-state index is -1.22. The summed E-state index contributed by atoms with van der Waals surface area (Å²) < 4.78 is 0. The van der Waals surface area contributed by atoms with Crippen molar-refractivity contribution in [3.8, 4) is 0 Å². The molecule has 0 unspecified atom stereocenters. The molecule has 14 nitrogen and oxygen atoms in total. The average Bonchev–Trinajstić information content (AvgIpc) is 2.66. The van der Waals surface area contributed by atoms with Crippen LogP contribution >= 0.6 is 12.6 Å². The molecule has 0 aliphatic rings. The summed E-state index contributed by atoms with van der Waals surface area (Å²) in [5, 5.41) is 29.6. The zero-order chi connectivity index (χ0) is 23.9. The van der Waals surface area contributed by atoms with Gasteiger partial charge in [-0.3, -0.25) is 28.8 Å². The number of aliphatic carboxylic acids is 3. The molecule has 0 radical (unpaired) electrons. The number of thiol groups is 1. The second-order valence-electron chi connectivity index (χ2n) is 5.85. The molecular weight excluding hydrogens is 426 g/mol. The first-order valence-electron chi connectivity index (χ1n) is 8.46. The Morgan fingerprint density at radius 2 is 1.33 bits per heavy atom. The molecule has 0 aromatic carbocycles. The summed E-state index contributed by atoms with van der Waals surface area (Å²) in [6.07, 6.45) is -0.112. The zero-order valence-electron chi connectivity index (χ0n) is 15.9. The highest BCUT2D eigenvalue weighted by molar-refractivity contribution is 7.80. The van der Waals surface area contributed by atoms with Crippen LogP contribution in [0.15, 0.2) is 0 Å². The van der Waals surface area contributed by atoms with Crippen molar-refractivity contribution in [1.82, 2.24) is 10.6 Å². The molecule has 0 aliphatic carbocycles. The topological polar surface area (TPSA) is 265 Å². The Labute approximate surface area is 176 Å². The summed E-state index contributed by atoms with van der Waals surface area (Å²) in [5.41, 5.74) is 15.0. The highest BCUT2D eigenvalue weighted by Gasteiger charge is 2.21. The van der Waals surface area contributed by atoms with Crippen molar-refractivity contribution in [2.24, 2.45) is 17.2 Å². The van der Waals surface area contributed by atoms with Gasteiger partial charge in [0.1, 0.15) is 24.7 Å². The summed E-state index contributed by atoms with van der Waals surface area (Å²) in [7, 11) is 0. The lowest BCUT2D eigenvalue weighted by Gasteiger charge is -2.16. The van der Waals surface area contributed by atoms with E-state index in [9.17, 15) is 28.8 Å². The average molecular weight is 453 g/mol. The molecule has 15 heteroatoms. The molecule has 0 heterocycles. The predicted octanol–water partition coefficient (Wildman–Crippen LogP) is -3.54. The van der Waals surface area contributed by atoms with Gasteiger partial charge in [0.25, 0.3) is 0 Å². The van der Waals surface area contributed by atoms with Crippen LogP contribution in [0.2, 0.25) is 0 Å². The molecule has 0 aromatic rings. The summed E-state index contributed by atoms with van der Waals surface area (Å²) in [5.74, 6) is -5.34. The Balaban J connectivity index is 0. The molecule has 0 saturated heterocycles. The third-order valence-electron chi connectivity index (χ3n) is 3.27. The van der Waals surface area contributed by atoms with Crippen LogP contribution < -0.4 is 27.8 Å². The Bertz CT molecular complexity index is 632. The van der Waals surface area contributed by atoms with Crippen molar-refractivity contribution in [3.05, 3.63) is 0 Å². The molecule has 3 atom stereocenters. The highest BCUT2D eigenvalue weighted by Crippen LogP contribution is 1.97. The van der Waals surface area contributed by atoms with Gasteiger partial charge >= 0.3 is 17.9 Å². The molecule has 0 saturated carbocycles. The van der Waals surface area contributed by atoms with Gasteiger partial charge < -0.3 is 43.2 Å². The predicted molar refractivity (Wildman–Crippen MR) is 105 cm³/mol. The van der Waals surface area contributed by atoms with Gasteiger partial charge in [-0.1, -0.05) is 0 Å². The number of nitrogens with one attached hydrogen (secondary N) is 2. The standard InChI is InChI=1S/C10H17N3O6S.C5H10N2O3/c11-5(10(18)19)1-2-7(14)13-6(4-20)9(17)12-3-8(15)16;6-3(5(9)10)1-2-4(7)8/h5-6,20H,1-4,11H2,(H,12,17)(H,13,14)(H,15,16)(H,18,19);3H,1-2,6H2,(H2,7,8)(H,9,10)/t5-,6-;3-/m00/s1. The smallest absolute Gasteiger partial charge is 0.322 e. The summed E-state index contributed by atoms with van der Waals surface area (Å²) in [4.78, 5) is 63.9. The number of rotatable bonds is 13. The maximum atomic E-state index is 11.5. The zero-order valence-corrected chi connectivity index (χ0v) is 16.8. The van der Waals surface area contributed by atoms with Crippen molar-refractivity contribution in [2.75, 3.05) is 12.3 Å². The molecule has 0 spiro atoms. The van der Waals surface area contributed by atoms with Crippen molar-refractivity contribution < 1.29 is 44.1 Å². The van der Waals surface area contributed by atoms with E-state index in [-0.39, 0.29) is 31.4 Å². The fraction of sp³-hybridized carbons (Fsp3) is 0.600. The Kier molecular flexibility index (Phi) is 15.6. The molecular formula is C15H27N5O9S. The fourth-order valence-electron chi connectivity index (χ4n) is 1.58. The van der Waals surface area contributed by atoms with Crippen LogP contribution in [-0.2, 0) is 28.8 Å². The number of carbonyl (C=O) groups is 6. The number of carboxylic acid groups (broad SMARTS) is 3. The summed E-state index contributed by atoms with van der Waals surface area (Å²) in [6, 6.07) is -3.13. The van der Waals surface area contributed by atoms with E-state index in [2.05, 4.69) is 23.3 Å². The minimum Gasteiger partial charge on any atom is -0.480 e. The Morgan fingerprint density at radius 1 is 0.867 bits per heavy atom. The molecule has 0 aromatic heterocycles. The fourth-order valence-corrected chi connectivity index (χ4v) is 1.83. The third-order valence-corrected chi connectivity index (χ3v) is 3.63. The van der Waals surface area contributed by atoms with Crippen molar-refractivity contribution in [3.63, 3.8) is 0 Å². The number of carboxylic acids is 3. The molecule has 172 valence electrons. The van der Waals surface area contributed by atoms with Gasteiger partial charge in [-0.25, -0.2) is 0 Å². The van der Waals surface area contributed by atoms with Gasteiger partial charge in [-0.05, 0) is 12.8 Å². The number of nitrogens with two attached hydrogens (primary N) is 3. The number of carbonyl (C=O) groups excluding carboxylic acids is 3. The van der Waals surface area contributed by atoms with Gasteiger partial charge in [0.05, 0.1) is 0 Å². The van der Waals surface area contributed by atoms with E-state index in [0.29, 0.717) is 0 Å². The van der Waals surface area contributed by atoms with Crippen LogP contribution in [0.1, 0.15) is 25.7 Å². The quantitative estimate of drug-likeness (QED) is 0.123. The Morgan fingerprint density at radius 3 is 1.70 bits per heavy atom. The maximum Gasteiger partial charge on any atom is 0.322 e. The second-order valence-corrected chi connectivity index (χ2v) is 6.21. The lowest BCUT2D eigenvalue weighted by molar-refractivity contribution is -0.140. The van der Waals surface area contributed by atoms with Crippen molar-refractivity contribution in [2.45, 2.75) is 43.8 Å². The SMILES string of the molecule is NC(=O)CC[C@H](N)C(=O)O.N[C@@H](CCC(=O)N[C@@H](CS)C(=O)NCC(=O)O)C(=O)O. The number of amides is 3. The molecule has 30 heavy (non-hydrogen) atoms. The van der Waals surface area contributed by atoms with Crippen LogP contribution in [-0.4, -0.2) is 81.4 Å². The first-order valence-corrected chi connectivity index (χ1v) is 9.09. The first kappa shape index (κ1) is 29.3. The van der Waals surface area contributed by atoms with E-state index < -0.39 is 60.3 Å². The van der Waals surface area contributed by atoms with Gasteiger partial charge in [0, 0.05) is 18.6 Å². The normalized spacial score (nSPS) is 12.9. The van der Waals surface area contributed by atoms with E-state index in [4.69, 9.17) is 32.5 Å². The molecule has 0 rings (SSSR count). The third kappa shape index (κ3) is 16.1. The van der Waals surface area contributed by atoms with Gasteiger partial charge in [0.15, 0.2) is 0 Å². The summed E-state index contributed by atoms with van der Waals surface area (Å²) in [6.45, 7) is -0.567.